The van der Waals surface area contributed by atoms with Crippen molar-refractivity contribution < 1.29 is 18.3 Å². The zero-order valence-corrected chi connectivity index (χ0v) is 17.0. The Morgan fingerprint density at radius 1 is 1.38 bits per heavy atom. The van der Waals surface area contributed by atoms with Crippen LogP contribution < -0.4 is 0 Å². The molecule has 0 amide bonds. The minimum absolute atomic E-state index is 0.0105. The summed E-state index contributed by atoms with van der Waals surface area (Å²) in [4.78, 5) is 4.04. The van der Waals surface area contributed by atoms with Crippen LogP contribution in [0.2, 0.25) is 5.02 Å². The van der Waals surface area contributed by atoms with E-state index in [0.29, 0.717) is 30.6 Å². The molecular formula is C20H26ClF3N4O. The molecule has 5 nitrogen and oxygen atoms in total. The van der Waals surface area contributed by atoms with Crippen molar-refractivity contribution in [2.45, 2.75) is 38.7 Å². The molecule has 1 aliphatic heterocycles. The van der Waals surface area contributed by atoms with Gasteiger partial charge in [-0.2, -0.15) is 18.3 Å². The molecule has 0 spiro atoms. The molecule has 1 aliphatic rings. The first kappa shape index (κ1) is 22.1. The van der Waals surface area contributed by atoms with E-state index in [1.807, 2.05) is 18.2 Å². The van der Waals surface area contributed by atoms with Gasteiger partial charge in [-0.05, 0) is 43.0 Å². The Bertz CT molecular complexity index is 798. The van der Waals surface area contributed by atoms with Crippen LogP contribution in [0.15, 0.2) is 30.3 Å². The monoisotopic (exact) mass is 430 g/mol. The standard InChI is InChI=1S/C20H26ClF3N4O/c1-14-5-4-8-27(12-14)9-10-28(13-15-6-2-3-7-16(15)21)19(29)17-11-18(26-25-17)20(22,23)24/h2-3,6-7,11,14,19,29H,4-5,8-10,12-13H2,1H3,(H,25,26). The third-order valence-corrected chi connectivity index (χ3v) is 5.66. The van der Waals surface area contributed by atoms with Gasteiger partial charge < -0.3 is 10.0 Å². The van der Waals surface area contributed by atoms with E-state index < -0.39 is 18.1 Å². The first-order valence-electron chi connectivity index (χ1n) is 9.74. The van der Waals surface area contributed by atoms with Crippen molar-refractivity contribution in [2.75, 3.05) is 26.2 Å². The number of benzene rings is 1. The van der Waals surface area contributed by atoms with Crippen molar-refractivity contribution in [3.8, 4) is 0 Å². The number of aromatic amines is 1. The van der Waals surface area contributed by atoms with E-state index in [4.69, 9.17) is 11.6 Å². The quantitative estimate of drug-likeness (QED) is 0.643. The maximum absolute atomic E-state index is 12.9. The first-order chi connectivity index (χ1) is 13.7. The average molecular weight is 431 g/mol. The second-order valence-corrected chi connectivity index (χ2v) is 8.10. The van der Waals surface area contributed by atoms with Gasteiger partial charge in [-0.15, -0.1) is 0 Å². The Hall–Kier alpha value is -1.61. The number of rotatable bonds is 7. The Kier molecular flexibility index (Phi) is 7.21. The maximum Gasteiger partial charge on any atom is 0.435 e. The number of hydrogen-bond donors (Lipinski definition) is 2. The Morgan fingerprint density at radius 3 is 2.79 bits per heavy atom. The summed E-state index contributed by atoms with van der Waals surface area (Å²) >= 11 is 6.26. The van der Waals surface area contributed by atoms with Gasteiger partial charge in [0.15, 0.2) is 5.69 Å². The molecule has 160 valence electrons. The zero-order chi connectivity index (χ0) is 21.0. The molecule has 1 aromatic carbocycles. The molecule has 3 rings (SSSR count). The number of nitrogens with zero attached hydrogens (tertiary/aromatic N) is 3. The Balaban J connectivity index is 1.75. The molecule has 29 heavy (non-hydrogen) atoms. The molecule has 0 radical (unpaired) electrons. The summed E-state index contributed by atoms with van der Waals surface area (Å²) in [7, 11) is 0. The zero-order valence-electron chi connectivity index (χ0n) is 16.3. The topological polar surface area (TPSA) is 55.4 Å². The van der Waals surface area contributed by atoms with E-state index >= 15 is 0 Å². The van der Waals surface area contributed by atoms with E-state index in [9.17, 15) is 18.3 Å². The molecule has 9 heteroatoms. The fraction of sp³-hybridized carbons (Fsp3) is 0.550. The summed E-state index contributed by atoms with van der Waals surface area (Å²) in [5.41, 5.74) is -0.235. The number of halogens is 4. The van der Waals surface area contributed by atoms with Gasteiger partial charge in [0.1, 0.15) is 6.23 Å². The lowest BCUT2D eigenvalue weighted by Crippen LogP contribution is -2.41. The Morgan fingerprint density at radius 2 is 2.14 bits per heavy atom. The van der Waals surface area contributed by atoms with Gasteiger partial charge in [-0.3, -0.25) is 10.00 Å². The molecule has 0 saturated carbocycles. The van der Waals surface area contributed by atoms with Gasteiger partial charge >= 0.3 is 6.18 Å². The second kappa shape index (κ2) is 9.47. The number of aliphatic hydroxyl groups is 1. The highest BCUT2D eigenvalue weighted by Gasteiger charge is 2.35. The van der Waals surface area contributed by atoms with Crippen molar-refractivity contribution in [3.63, 3.8) is 0 Å². The smallest absolute Gasteiger partial charge is 0.372 e. The third kappa shape index (κ3) is 5.94. The van der Waals surface area contributed by atoms with Crippen LogP contribution in [-0.4, -0.2) is 51.3 Å². The fourth-order valence-electron chi connectivity index (χ4n) is 3.70. The van der Waals surface area contributed by atoms with Crippen molar-refractivity contribution in [3.05, 3.63) is 52.3 Å². The van der Waals surface area contributed by atoms with Crippen LogP contribution in [0.4, 0.5) is 13.2 Å². The third-order valence-electron chi connectivity index (χ3n) is 5.29. The number of aliphatic hydroxyl groups excluding tert-OH is 1. The minimum Gasteiger partial charge on any atom is -0.372 e. The lowest BCUT2D eigenvalue weighted by molar-refractivity contribution is -0.141. The van der Waals surface area contributed by atoms with Crippen LogP contribution in [0, 0.1) is 5.92 Å². The molecule has 0 bridgehead atoms. The minimum atomic E-state index is -4.56. The van der Waals surface area contributed by atoms with E-state index in [0.717, 1.165) is 31.1 Å². The van der Waals surface area contributed by atoms with Gasteiger partial charge in [-0.1, -0.05) is 36.7 Å². The van der Waals surface area contributed by atoms with Crippen LogP contribution in [0.5, 0.6) is 0 Å². The molecule has 1 aromatic heterocycles. The van der Waals surface area contributed by atoms with E-state index in [2.05, 4.69) is 22.0 Å². The van der Waals surface area contributed by atoms with Gasteiger partial charge in [0.05, 0.1) is 5.69 Å². The number of H-pyrrole nitrogens is 1. The molecule has 0 aliphatic carbocycles. The number of nitrogens with one attached hydrogen (secondary N) is 1. The molecule has 1 saturated heterocycles. The summed E-state index contributed by atoms with van der Waals surface area (Å²) in [5, 5.41) is 17.0. The maximum atomic E-state index is 12.9. The summed E-state index contributed by atoms with van der Waals surface area (Å²) in [6.45, 7) is 5.70. The molecule has 2 aromatic rings. The molecule has 2 atom stereocenters. The van der Waals surface area contributed by atoms with Crippen LogP contribution in [0.3, 0.4) is 0 Å². The SMILES string of the molecule is CC1CCCN(CCN(Cc2ccccc2Cl)C(O)c2cc(C(F)(F)F)n[nH]2)C1. The van der Waals surface area contributed by atoms with Crippen molar-refractivity contribution in [2.24, 2.45) is 5.92 Å². The second-order valence-electron chi connectivity index (χ2n) is 7.69. The van der Waals surface area contributed by atoms with Crippen LogP contribution in [-0.2, 0) is 12.7 Å². The number of likely N-dealkylation sites (tertiary alicyclic amines) is 1. The number of hydrogen-bond acceptors (Lipinski definition) is 4. The predicted molar refractivity (Wildman–Crippen MR) is 105 cm³/mol. The number of alkyl halides is 3. The predicted octanol–water partition coefficient (Wildman–Crippen LogP) is 4.31. The fourth-order valence-corrected chi connectivity index (χ4v) is 3.90. The highest BCUT2D eigenvalue weighted by molar-refractivity contribution is 6.31. The Labute approximate surface area is 173 Å². The highest BCUT2D eigenvalue weighted by atomic mass is 35.5. The van der Waals surface area contributed by atoms with Gasteiger partial charge in [-0.25, -0.2) is 0 Å². The lowest BCUT2D eigenvalue weighted by atomic mass is 10.0. The van der Waals surface area contributed by atoms with Crippen LogP contribution in [0.1, 0.15) is 42.9 Å². The molecule has 2 N–H and O–H groups in total. The largest absolute Gasteiger partial charge is 0.435 e. The summed E-state index contributed by atoms with van der Waals surface area (Å²) in [5.74, 6) is 0.618. The van der Waals surface area contributed by atoms with E-state index in [1.165, 1.54) is 6.42 Å². The molecule has 2 unspecified atom stereocenters. The van der Waals surface area contributed by atoms with Gasteiger partial charge in [0.2, 0.25) is 0 Å². The average Bonchev–Trinajstić information content (AvgIpc) is 3.17. The highest BCUT2D eigenvalue weighted by Crippen LogP contribution is 2.30. The number of piperidine rings is 1. The van der Waals surface area contributed by atoms with Crippen LogP contribution >= 0.6 is 11.6 Å². The van der Waals surface area contributed by atoms with Crippen molar-refractivity contribution >= 4 is 11.6 Å². The van der Waals surface area contributed by atoms with Crippen molar-refractivity contribution in [1.29, 1.82) is 0 Å². The van der Waals surface area contributed by atoms with Gasteiger partial charge in [0, 0.05) is 31.2 Å². The normalized spacial score (nSPS) is 19.6. The van der Waals surface area contributed by atoms with E-state index in [-0.39, 0.29) is 5.69 Å². The van der Waals surface area contributed by atoms with Gasteiger partial charge in [0.25, 0.3) is 0 Å². The summed E-state index contributed by atoms with van der Waals surface area (Å²) < 4.78 is 38.7. The molecule has 2 heterocycles. The number of aromatic nitrogens is 2. The van der Waals surface area contributed by atoms with Crippen molar-refractivity contribution in [1.82, 2.24) is 20.0 Å². The molecular weight excluding hydrogens is 405 g/mol. The molecule has 1 fully saturated rings. The summed E-state index contributed by atoms with van der Waals surface area (Å²) in [6, 6.07) is 8.11. The van der Waals surface area contributed by atoms with E-state index in [1.54, 1.807) is 11.0 Å². The first-order valence-corrected chi connectivity index (χ1v) is 10.1. The summed E-state index contributed by atoms with van der Waals surface area (Å²) in [6.07, 6.45) is -3.48. The van der Waals surface area contributed by atoms with Crippen LogP contribution in [0.25, 0.3) is 0 Å². The lowest BCUT2D eigenvalue weighted by Gasteiger charge is -2.34.